The van der Waals surface area contributed by atoms with E-state index in [1.165, 1.54) is 20.9 Å². The van der Waals surface area contributed by atoms with Crippen molar-refractivity contribution < 1.29 is 9.53 Å². The van der Waals surface area contributed by atoms with Crippen molar-refractivity contribution in [2.75, 3.05) is 6.54 Å². The molecule has 1 atom stereocenters. The van der Waals surface area contributed by atoms with Crippen LogP contribution in [0.15, 0.2) is 41.8 Å². The van der Waals surface area contributed by atoms with Crippen LogP contribution in [-0.2, 0) is 16.0 Å². The largest absolute Gasteiger partial charge is 0.460 e. The number of hydrogen-bond donors (Lipinski definition) is 1. The third kappa shape index (κ3) is 4.19. The molecule has 1 aliphatic rings. The third-order valence-corrected chi connectivity index (χ3v) is 6.57. The number of carbonyl (C=O) groups excluding carboxylic acids is 1. The van der Waals surface area contributed by atoms with Gasteiger partial charge in [-0.1, -0.05) is 30.3 Å². The zero-order valence-corrected chi connectivity index (χ0v) is 18.0. The topological polar surface area (TPSA) is 51.2 Å². The molecule has 1 unspecified atom stereocenters. The first kappa shape index (κ1) is 19.3. The Kier molecular flexibility index (Phi) is 5.36. The molecule has 0 saturated carbocycles. The zero-order chi connectivity index (χ0) is 19.7. The van der Waals surface area contributed by atoms with E-state index >= 15 is 0 Å². The fourth-order valence-corrected chi connectivity index (χ4v) is 5.45. The number of thiazole rings is 1. The number of benzene rings is 1. The van der Waals surface area contributed by atoms with Crippen molar-refractivity contribution in [1.82, 2.24) is 10.3 Å². The maximum absolute atomic E-state index is 12.0. The number of fused-ring (bicyclic) bond motifs is 3. The Morgan fingerprint density at radius 3 is 2.82 bits per heavy atom. The van der Waals surface area contributed by atoms with Crippen molar-refractivity contribution in [3.8, 4) is 11.3 Å². The molecule has 28 heavy (non-hydrogen) atoms. The lowest BCUT2D eigenvalue weighted by molar-refractivity contribution is -0.154. The number of nitrogens with one attached hydrogen (secondary N) is 1. The molecule has 6 heteroatoms. The number of ether oxygens (including phenoxy) is 1. The fourth-order valence-electron chi connectivity index (χ4n) is 3.38. The highest BCUT2D eigenvalue weighted by Crippen LogP contribution is 2.42. The molecular formula is C22H24N2O2S2. The number of carbonyl (C=O) groups is 1. The molecule has 4 rings (SSSR count). The van der Waals surface area contributed by atoms with Crippen molar-refractivity contribution in [3.05, 3.63) is 62.1 Å². The summed E-state index contributed by atoms with van der Waals surface area (Å²) in [6.07, 6.45) is 1.30. The van der Waals surface area contributed by atoms with Crippen molar-refractivity contribution in [1.29, 1.82) is 0 Å². The quantitative estimate of drug-likeness (QED) is 0.443. The van der Waals surface area contributed by atoms with Gasteiger partial charge in [-0.05, 0) is 37.8 Å². The van der Waals surface area contributed by atoms with Crippen molar-refractivity contribution in [3.63, 3.8) is 0 Å². The minimum absolute atomic E-state index is 0.00481. The van der Waals surface area contributed by atoms with Crippen LogP contribution in [-0.4, -0.2) is 23.1 Å². The number of nitrogens with zero attached hydrogens (tertiary/aromatic N) is 1. The lowest BCUT2D eigenvalue weighted by Gasteiger charge is -2.20. The van der Waals surface area contributed by atoms with E-state index in [0.717, 1.165) is 17.1 Å². The molecule has 1 N–H and O–H groups in total. The molecule has 1 aromatic carbocycles. The van der Waals surface area contributed by atoms with Gasteiger partial charge in [-0.15, -0.1) is 22.7 Å². The second-order valence-corrected chi connectivity index (χ2v) is 9.99. The minimum Gasteiger partial charge on any atom is -0.460 e. The summed E-state index contributed by atoms with van der Waals surface area (Å²) in [6.45, 7) is 6.23. The zero-order valence-electron chi connectivity index (χ0n) is 16.3. The summed E-state index contributed by atoms with van der Waals surface area (Å²) in [7, 11) is 0. The molecule has 0 spiro atoms. The molecule has 3 aromatic rings. The van der Waals surface area contributed by atoms with Crippen LogP contribution in [0.4, 0.5) is 0 Å². The molecule has 0 bridgehead atoms. The van der Waals surface area contributed by atoms with Crippen LogP contribution in [0.25, 0.3) is 11.3 Å². The van der Waals surface area contributed by atoms with Gasteiger partial charge in [0, 0.05) is 28.3 Å². The third-order valence-electron chi connectivity index (χ3n) is 4.51. The molecule has 0 radical (unpaired) electrons. The van der Waals surface area contributed by atoms with E-state index in [2.05, 4.69) is 47.1 Å². The van der Waals surface area contributed by atoms with Crippen molar-refractivity contribution in [2.24, 2.45) is 0 Å². The van der Waals surface area contributed by atoms with Crippen molar-refractivity contribution >= 4 is 28.6 Å². The number of esters is 1. The lowest BCUT2D eigenvalue weighted by atomic mass is 10.1. The van der Waals surface area contributed by atoms with Gasteiger partial charge >= 0.3 is 5.97 Å². The van der Waals surface area contributed by atoms with Gasteiger partial charge in [-0.3, -0.25) is 4.79 Å². The molecule has 0 amide bonds. The van der Waals surface area contributed by atoms with Crippen LogP contribution in [0.1, 0.15) is 53.6 Å². The van der Waals surface area contributed by atoms with Crippen LogP contribution >= 0.6 is 22.7 Å². The van der Waals surface area contributed by atoms with Crippen LogP contribution in [0.3, 0.4) is 0 Å². The molecule has 0 fully saturated rings. The second-order valence-electron chi connectivity index (χ2n) is 7.90. The lowest BCUT2D eigenvalue weighted by Crippen LogP contribution is -2.28. The highest BCUT2D eigenvalue weighted by atomic mass is 32.1. The minimum atomic E-state index is -0.451. The molecule has 2 heterocycles. The Hall–Kier alpha value is -2.02. The van der Waals surface area contributed by atoms with Gasteiger partial charge in [-0.25, -0.2) is 4.98 Å². The standard InChI is InChI=1S/C22H24N2O2S2/c1-22(2,3)26-18(25)10-11-23-20(16-9-6-12-27-16)21-24-19-15-8-5-4-7-14(15)13-17(19)28-21/h4-9,12,20,23H,10-11,13H2,1-3H3. The highest BCUT2D eigenvalue weighted by Gasteiger charge is 2.27. The van der Waals surface area contributed by atoms with Gasteiger partial charge in [0.25, 0.3) is 0 Å². The molecule has 146 valence electrons. The Morgan fingerprint density at radius 2 is 2.07 bits per heavy atom. The predicted octanol–water partition coefficient (Wildman–Crippen LogP) is 5.19. The summed E-state index contributed by atoms with van der Waals surface area (Å²) in [5, 5.41) is 6.66. The monoisotopic (exact) mass is 412 g/mol. The first-order chi connectivity index (χ1) is 13.4. The van der Waals surface area contributed by atoms with Gasteiger partial charge in [0.1, 0.15) is 10.6 Å². The number of hydrogen-bond acceptors (Lipinski definition) is 6. The Labute approximate surface area is 173 Å². The van der Waals surface area contributed by atoms with Crippen LogP contribution in [0.5, 0.6) is 0 Å². The van der Waals surface area contributed by atoms with E-state index in [0.29, 0.717) is 13.0 Å². The summed E-state index contributed by atoms with van der Waals surface area (Å²) in [6, 6.07) is 12.7. The van der Waals surface area contributed by atoms with E-state index in [4.69, 9.17) is 9.72 Å². The van der Waals surface area contributed by atoms with Gasteiger partial charge < -0.3 is 10.1 Å². The number of thiophene rings is 1. The summed E-state index contributed by atoms with van der Waals surface area (Å²) in [5.74, 6) is -0.180. The van der Waals surface area contributed by atoms with E-state index in [9.17, 15) is 4.79 Å². The first-order valence-corrected chi connectivity index (χ1v) is 11.2. The second kappa shape index (κ2) is 7.78. The van der Waals surface area contributed by atoms with Gasteiger partial charge in [0.2, 0.25) is 0 Å². The molecular weight excluding hydrogens is 388 g/mol. The van der Waals surface area contributed by atoms with E-state index in [-0.39, 0.29) is 12.0 Å². The SMILES string of the molecule is CC(C)(C)OC(=O)CCNC(c1cccs1)c1nc2c(s1)Cc1ccccc1-2. The smallest absolute Gasteiger partial charge is 0.307 e. The average Bonchev–Trinajstić information content (AvgIpc) is 3.33. The normalized spacial score (nSPS) is 13.8. The van der Waals surface area contributed by atoms with Gasteiger partial charge in [-0.2, -0.15) is 0 Å². The van der Waals surface area contributed by atoms with E-state index in [1.807, 2.05) is 20.8 Å². The van der Waals surface area contributed by atoms with Crippen LogP contribution < -0.4 is 5.32 Å². The Bertz CT molecular complexity index is 971. The van der Waals surface area contributed by atoms with Gasteiger partial charge in [0.05, 0.1) is 18.2 Å². The average molecular weight is 413 g/mol. The summed E-state index contributed by atoms with van der Waals surface area (Å²) < 4.78 is 5.42. The molecule has 0 aliphatic heterocycles. The maximum atomic E-state index is 12.0. The Balaban J connectivity index is 1.51. The summed E-state index contributed by atoms with van der Waals surface area (Å²) in [4.78, 5) is 19.6. The summed E-state index contributed by atoms with van der Waals surface area (Å²) >= 11 is 3.48. The van der Waals surface area contributed by atoms with Crippen LogP contribution in [0.2, 0.25) is 0 Å². The predicted molar refractivity (Wildman–Crippen MR) is 115 cm³/mol. The van der Waals surface area contributed by atoms with E-state index in [1.54, 1.807) is 22.7 Å². The maximum Gasteiger partial charge on any atom is 0.307 e. The molecule has 1 aliphatic carbocycles. The number of aromatic nitrogens is 1. The van der Waals surface area contributed by atoms with Crippen LogP contribution in [0, 0.1) is 0 Å². The van der Waals surface area contributed by atoms with Gasteiger partial charge in [0.15, 0.2) is 0 Å². The number of rotatable bonds is 6. The Morgan fingerprint density at radius 1 is 1.25 bits per heavy atom. The molecule has 2 aromatic heterocycles. The first-order valence-electron chi connectivity index (χ1n) is 9.47. The molecule has 0 saturated heterocycles. The fraction of sp³-hybridized carbons (Fsp3) is 0.364. The summed E-state index contributed by atoms with van der Waals surface area (Å²) in [5.41, 5.74) is 3.27. The highest BCUT2D eigenvalue weighted by molar-refractivity contribution is 7.13. The molecule has 4 nitrogen and oxygen atoms in total. The van der Waals surface area contributed by atoms with Crippen molar-refractivity contribution in [2.45, 2.75) is 45.3 Å². The van der Waals surface area contributed by atoms with E-state index < -0.39 is 5.60 Å².